The van der Waals surface area contributed by atoms with Crippen molar-refractivity contribution in [3.8, 4) is 0 Å². The van der Waals surface area contributed by atoms with Crippen LogP contribution in [0.4, 0.5) is 10.5 Å². The van der Waals surface area contributed by atoms with Gasteiger partial charge in [-0.2, -0.15) is 0 Å². The van der Waals surface area contributed by atoms with Crippen LogP contribution < -0.4 is 4.90 Å². The zero-order valence-electron chi connectivity index (χ0n) is 17.9. The Balaban J connectivity index is 1.69. The van der Waals surface area contributed by atoms with Crippen molar-refractivity contribution in [2.24, 2.45) is 11.3 Å². The van der Waals surface area contributed by atoms with E-state index in [-0.39, 0.29) is 19.8 Å². The summed E-state index contributed by atoms with van der Waals surface area (Å²) in [6.45, 7) is 3.43. The Bertz CT molecular complexity index is 1000. The van der Waals surface area contributed by atoms with Gasteiger partial charge in [0.1, 0.15) is 12.8 Å². The van der Waals surface area contributed by atoms with Crippen LogP contribution in [0.3, 0.4) is 0 Å². The molecule has 1 aliphatic carbocycles. The molecule has 32 heavy (non-hydrogen) atoms. The van der Waals surface area contributed by atoms with Crippen LogP contribution in [0.25, 0.3) is 0 Å². The molecule has 0 saturated heterocycles. The van der Waals surface area contributed by atoms with Gasteiger partial charge in [-0.3, -0.25) is 14.5 Å². The molecular weight excluding hydrogens is 414 g/mol. The lowest BCUT2D eigenvalue weighted by atomic mass is 9.97. The third kappa shape index (κ3) is 3.31. The van der Waals surface area contributed by atoms with Gasteiger partial charge in [0.05, 0.1) is 18.9 Å². The SMILES string of the molecule is CCOC(=O)C1(C(=O)OCC)[C@@H]2[C@H]1c1ccccc1N(C(=O)OCc1ccccc1)[C@H]2O. The third-order valence-corrected chi connectivity index (χ3v) is 6.01. The average molecular weight is 439 g/mol. The van der Waals surface area contributed by atoms with Crippen molar-refractivity contribution in [3.05, 3.63) is 65.7 Å². The molecule has 1 fully saturated rings. The van der Waals surface area contributed by atoms with Gasteiger partial charge in [0.25, 0.3) is 0 Å². The third-order valence-electron chi connectivity index (χ3n) is 6.01. The lowest BCUT2D eigenvalue weighted by Crippen LogP contribution is -2.46. The summed E-state index contributed by atoms with van der Waals surface area (Å²) >= 11 is 0. The lowest BCUT2D eigenvalue weighted by Gasteiger charge is -2.32. The molecule has 1 heterocycles. The van der Waals surface area contributed by atoms with Gasteiger partial charge in [-0.25, -0.2) is 4.79 Å². The minimum atomic E-state index is -1.71. The monoisotopic (exact) mass is 439 g/mol. The number of esters is 2. The fourth-order valence-corrected chi connectivity index (χ4v) is 4.64. The van der Waals surface area contributed by atoms with Crippen molar-refractivity contribution in [1.82, 2.24) is 0 Å². The molecule has 8 nitrogen and oxygen atoms in total. The molecule has 3 atom stereocenters. The number of carbonyl (C=O) groups is 3. The van der Waals surface area contributed by atoms with Crippen LogP contribution in [0.5, 0.6) is 0 Å². The number of nitrogens with zero attached hydrogens (tertiary/aromatic N) is 1. The molecular formula is C24H25NO7. The van der Waals surface area contributed by atoms with E-state index in [1.807, 2.05) is 30.3 Å². The largest absolute Gasteiger partial charge is 0.465 e. The normalized spacial score (nSPS) is 22.2. The van der Waals surface area contributed by atoms with Gasteiger partial charge in [-0.15, -0.1) is 0 Å². The second-order valence-corrected chi connectivity index (χ2v) is 7.70. The highest BCUT2D eigenvalue weighted by Crippen LogP contribution is 2.71. The standard InChI is InChI=1S/C24H25NO7/c1-3-30-21(27)24(22(28)31-4-2)18-16-12-8-9-13-17(16)25(20(26)19(18)24)23(29)32-14-15-10-6-5-7-11-15/h5-13,18-20,26H,3-4,14H2,1-2H3/t18-,19-,20+/m1/s1. The van der Waals surface area contributed by atoms with Crippen molar-refractivity contribution < 1.29 is 33.7 Å². The van der Waals surface area contributed by atoms with Gasteiger partial charge in [0.15, 0.2) is 5.41 Å². The topological polar surface area (TPSA) is 102 Å². The van der Waals surface area contributed by atoms with E-state index in [0.29, 0.717) is 11.3 Å². The number of hydrogen-bond acceptors (Lipinski definition) is 7. The molecule has 1 aliphatic heterocycles. The quantitative estimate of drug-likeness (QED) is 0.419. The fraction of sp³-hybridized carbons (Fsp3) is 0.375. The maximum atomic E-state index is 13.0. The molecule has 168 valence electrons. The van der Waals surface area contributed by atoms with E-state index >= 15 is 0 Å². The highest BCUT2D eigenvalue weighted by molar-refractivity contribution is 6.08. The van der Waals surface area contributed by atoms with Crippen LogP contribution >= 0.6 is 0 Å². The number of benzene rings is 2. The van der Waals surface area contributed by atoms with Gasteiger partial charge >= 0.3 is 18.0 Å². The first-order valence-electron chi connectivity index (χ1n) is 10.6. The summed E-state index contributed by atoms with van der Waals surface area (Å²) in [5.41, 5.74) is 0.0448. The van der Waals surface area contributed by atoms with Gasteiger partial charge in [0.2, 0.25) is 0 Å². The Labute approximate surface area is 185 Å². The minimum Gasteiger partial charge on any atom is -0.465 e. The van der Waals surface area contributed by atoms with Crippen molar-refractivity contribution in [2.75, 3.05) is 18.1 Å². The van der Waals surface area contributed by atoms with E-state index in [0.717, 1.165) is 10.5 Å². The number of aliphatic hydroxyl groups is 1. The van der Waals surface area contributed by atoms with Gasteiger partial charge in [-0.05, 0) is 31.0 Å². The summed E-state index contributed by atoms with van der Waals surface area (Å²) in [6.07, 6.45) is -2.24. The molecule has 0 aromatic heterocycles. The number of para-hydroxylation sites is 1. The Kier molecular flexibility index (Phi) is 5.88. The number of anilines is 1. The molecule has 8 heteroatoms. The Morgan fingerprint density at radius 2 is 1.50 bits per heavy atom. The predicted octanol–water partition coefficient (Wildman–Crippen LogP) is 2.99. The average Bonchev–Trinajstić information content (AvgIpc) is 3.51. The minimum absolute atomic E-state index is 0.0139. The second kappa shape index (κ2) is 8.63. The maximum Gasteiger partial charge on any atom is 0.416 e. The van der Waals surface area contributed by atoms with E-state index in [9.17, 15) is 19.5 Å². The Morgan fingerprint density at radius 3 is 2.12 bits per heavy atom. The van der Waals surface area contributed by atoms with Crippen LogP contribution in [0.2, 0.25) is 0 Å². The molecule has 1 amide bonds. The Hall–Kier alpha value is -3.39. The molecule has 4 rings (SSSR count). The van der Waals surface area contributed by atoms with Gasteiger partial charge in [-0.1, -0.05) is 48.5 Å². The number of carbonyl (C=O) groups excluding carboxylic acids is 3. The lowest BCUT2D eigenvalue weighted by molar-refractivity contribution is -0.166. The van der Waals surface area contributed by atoms with E-state index in [2.05, 4.69) is 0 Å². The molecule has 2 aromatic rings. The number of hydrogen-bond donors (Lipinski definition) is 1. The van der Waals surface area contributed by atoms with Crippen molar-refractivity contribution in [1.29, 1.82) is 0 Å². The molecule has 0 unspecified atom stereocenters. The van der Waals surface area contributed by atoms with Crippen LogP contribution in [-0.2, 0) is 30.4 Å². The van der Waals surface area contributed by atoms with E-state index < -0.39 is 41.5 Å². The second-order valence-electron chi connectivity index (χ2n) is 7.70. The maximum absolute atomic E-state index is 13.0. The summed E-state index contributed by atoms with van der Waals surface area (Å²) in [7, 11) is 0. The van der Waals surface area contributed by atoms with Crippen LogP contribution in [0.1, 0.15) is 30.9 Å². The van der Waals surface area contributed by atoms with Crippen molar-refractivity contribution in [3.63, 3.8) is 0 Å². The zero-order valence-corrected chi connectivity index (χ0v) is 17.9. The fourth-order valence-electron chi connectivity index (χ4n) is 4.64. The molecule has 1 saturated carbocycles. The number of fused-ring (bicyclic) bond motifs is 3. The highest BCUT2D eigenvalue weighted by atomic mass is 16.6. The number of aliphatic hydroxyl groups excluding tert-OH is 1. The molecule has 2 aromatic carbocycles. The van der Waals surface area contributed by atoms with Gasteiger partial charge < -0.3 is 19.3 Å². The molecule has 0 bridgehead atoms. The van der Waals surface area contributed by atoms with Crippen LogP contribution in [-0.4, -0.2) is 42.6 Å². The van der Waals surface area contributed by atoms with E-state index in [4.69, 9.17) is 14.2 Å². The first-order valence-corrected chi connectivity index (χ1v) is 10.6. The van der Waals surface area contributed by atoms with E-state index in [1.54, 1.807) is 38.1 Å². The zero-order chi connectivity index (χ0) is 22.9. The first kappa shape index (κ1) is 21.8. The summed E-state index contributed by atoms with van der Waals surface area (Å²) in [4.78, 5) is 40.1. The molecule has 0 radical (unpaired) electrons. The van der Waals surface area contributed by atoms with Crippen molar-refractivity contribution in [2.45, 2.75) is 32.6 Å². The predicted molar refractivity (Wildman–Crippen MR) is 113 cm³/mol. The summed E-state index contributed by atoms with van der Waals surface area (Å²) in [5, 5.41) is 11.2. The summed E-state index contributed by atoms with van der Waals surface area (Å²) in [6, 6.07) is 16.0. The van der Waals surface area contributed by atoms with Crippen LogP contribution in [0, 0.1) is 11.3 Å². The first-order chi connectivity index (χ1) is 15.5. The summed E-state index contributed by atoms with van der Waals surface area (Å²) < 4.78 is 15.9. The number of amides is 1. The summed E-state index contributed by atoms with van der Waals surface area (Å²) in [5.74, 6) is -3.09. The smallest absolute Gasteiger partial charge is 0.416 e. The van der Waals surface area contributed by atoms with Crippen molar-refractivity contribution >= 4 is 23.7 Å². The number of ether oxygens (including phenoxy) is 3. The Morgan fingerprint density at radius 1 is 0.906 bits per heavy atom. The van der Waals surface area contributed by atoms with Crippen LogP contribution in [0.15, 0.2) is 54.6 Å². The van der Waals surface area contributed by atoms with E-state index in [1.165, 1.54) is 0 Å². The van der Waals surface area contributed by atoms with Gasteiger partial charge in [0, 0.05) is 11.8 Å². The molecule has 1 N–H and O–H groups in total. The molecule has 0 spiro atoms. The molecule has 2 aliphatic rings. The highest BCUT2D eigenvalue weighted by Gasteiger charge is 2.81. The number of rotatable bonds is 6.